The van der Waals surface area contributed by atoms with E-state index in [0.29, 0.717) is 19.3 Å². The highest BCUT2D eigenvalue weighted by molar-refractivity contribution is 4.92. The average molecular weight is 431 g/mol. The fourth-order valence-corrected chi connectivity index (χ4v) is 4.96. The van der Waals surface area contributed by atoms with Crippen LogP contribution in [0.15, 0.2) is 0 Å². The minimum absolute atomic E-state index is 0.322. The predicted molar refractivity (Wildman–Crippen MR) is 119 cm³/mol. The third-order valence-corrected chi connectivity index (χ3v) is 6.93. The van der Waals surface area contributed by atoms with E-state index in [-0.39, 0.29) is 6.10 Å². The minimum atomic E-state index is -0.715. The summed E-state index contributed by atoms with van der Waals surface area (Å²) in [5, 5.41) is 11.3. The van der Waals surface area contributed by atoms with Gasteiger partial charge in [0.2, 0.25) is 0 Å². The van der Waals surface area contributed by atoms with Crippen LogP contribution in [-0.2, 0) is 18.9 Å². The molecule has 2 fully saturated rings. The van der Waals surface area contributed by atoms with Crippen LogP contribution in [-0.4, -0.2) is 87.3 Å². The Labute approximate surface area is 184 Å². The lowest BCUT2D eigenvalue weighted by molar-refractivity contribution is -0.918. The molecule has 2 aliphatic rings. The van der Waals surface area contributed by atoms with Gasteiger partial charge in [-0.05, 0) is 38.5 Å². The highest BCUT2D eigenvalue weighted by atomic mass is 16.7. The molecule has 0 radical (unpaired) electrons. The zero-order valence-electron chi connectivity index (χ0n) is 20.2. The van der Waals surface area contributed by atoms with Crippen LogP contribution in [0.3, 0.4) is 0 Å². The zero-order chi connectivity index (χ0) is 22.0. The summed E-state index contributed by atoms with van der Waals surface area (Å²) in [6, 6.07) is 0.633. The minimum Gasteiger partial charge on any atom is -0.387 e. The van der Waals surface area contributed by atoms with E-state index in [9.17, 15) is 5.11 Å². The number of quaternary nitrogens is 1. The van der Waals surface area contributed by atoms with Gasteiger partial charge in [0.1, 0.15) is 31.0 Å². The molecule has 0 amide bonds. The maximum Gasteiger partial charge on any atom is 0.186 e. The van der Waals surface area contributed by atoms with Gasteiger partial charge in [0, 0.05) is 20.3 Å². The van der Waals surface area contributed by atoms with E-state index >= 15 is 0 Å². The quantitative estimate of drug-likeness (QED) is 0.335. The molecule has 1 heterocycles. The molecule has 1 aliphatic heterocycles. The van der Waals surface area contributed by atoms with E-state index in [0.717, 1.165) is 49.6 Å². The van der Waals surface area contributed by atoms with Gasteiger partial charge < -0.3 is 28.5 Å². The van der Waals surface area contributed by atoms with E-state index in [1.54, 1.807) is 7.11 Å². The molecule has 5 atom stereocenters. The van der Waals surface area contributed by atoms with Gasteiger partial charge in [0.05, 0.1) is 20.1 Å². The summed E-state index contributed by atoms with van der Waals surface area (Å²) in [5.41, 5.74) is 0. The van der Waals surface area contributed by atoms with E-state index in [1.807, 2.05) is 0 Å². The first-order valence-electron chi connectivity index (χ1n) is 12.4. The Balaban J connectivity index is 2.07. The van der Waals surface area contributed by atoms with E-state index < -0.39 is 24.6 Å². The second-order valence-electron chi connectivity index (χ2n) is 9.75. The summed E-state index contributed by atoms with van der Waals surface area (Å²) in [5.74, 6) is 0. The molecule has 1 aliphatic carbocycles. The van der Waals surface area contributed by atoms with Crippen molar-refractivity contribution >= 4 is 0 Å². The molecule has 0 aromatic heterocycles. The SMILES string of the molecule is CCCCCOC1[C@@H](OC)OC(C[N+](C)(C)C2CCCC2)[C@@H](O)[C@@H]1OCCCCC. The Morgan fingerprint density at radius 3 is 2.00 bits per heavy atom. The van der Waals surface area contributed by atoms with E-state index in [4.69, 9.17) is 18.9 Å². The third kappa shape index (κ3) is 7.42. The van der Waals surface area contributed by atoms with Crippen molar-refractivity contribution < 1.29 is 28.5 Å². The van der Waals surface area contributed by atoms with Crippen molar-refractivity contribution in [1.29, 1.82) is 0 Å². The number of rotatable bonds is 14. The van der Waals surface area contributed by atoms with Gasteiger partial charge in [-0.1, -0.05) is 39.5 Å². The largest absolute Gasteiger partial charge is 0.387 e. The van der Waals surface area contributed by atoms with Gasteiger partial charge in [0.15, 0.2) is 6.29 Å². The third-order valence-electron chi connectivity index (χ3n) is 6.93. The van der Waals surface area contributed by atoms with Crippen molar-refractivity contribution in [3.8, 4) is 0 Å². The summed E-state index contributed by atoms with van der Waals surface area (Å²) in [7, 11) is 6.18. The lowest BCUT2D eigenvalue weighted by Gasteiger charge is -2.47. The molecule has 30 heavy (non-hydrogen) atoms. The maximum atomic E-state index is 11.3. The standard InChI is InChI=1S/C24H48NO5/c1-6-8-12-16-28-22-21(26)20(18-25(3,4)19-14-10-11-15-19)30-24(27-5)23(22)29-17-13-9-7-2/h19-24,26H,6-18H2,1-5H3/q+1/t20?,21-,22+,23?,24+/m1/s1. The smallest absolute Gasteiger partial charge is 0.186 e. The molecule has 0 aromatic rings. The van der Waals surface area contributed by atoms with Crippen LogP contribution in [0.25, 0.3) is 0 Å². The number of nitrogens with zero attached hydrogens (tertiary/aromatic N) is 1. The number of ether oxygens (including phenoxy) is 4. The lowest BCUT2D eigenvalue weighted by Crippen LogP contribution is -2.64. The normalized spacial score (nSPS) is 30.8. The number of likely N-dealkylation sites (N-methyl/N-ethyl adjacent to an activating group) is 1. The van der Waals surface area contributed by atoms with Crippen LogP contribution in [0.2, 0.25) is 0 Å². The molecule has 1 saturated heterocycles. The van der Waals surface area contributed by atoms with Crippen molar-refractivity contribution in [3.63, 3.8) is 0 Å². The molecule has 0 spiro atoms. The monoisotopic (exact) mass is 430 g/mol. The lowest BCUT2D eigenvalue weighted by atomic mass is 9.96. The van der Waals surface area contributed by atoms with Crippen molar-refractivity contribution in [2.45, 2.75) is 115 Å². The molecule has 2 unspecified atom stereocenters. The highest BCUT2D eigenvalue weighted by Crippen LogP contribution is 2.32. The van der Waals surface area contributed by atoms with Crippen LogP contribution in [0.5, 0.6) is 0 Å². The molecule has 1 N–H and O–H groups in total. The Hall–Kier alpha value is -0.240. The topological polar surface area (TPSA) is 57.2 Å². The van der Waals surface area contributed by atoms with Crippen LogP contribution >= 0.6 is 0 Å². The number of hydrogen-bond donors (Lipinski definition) is 1. The van der Waals surface area contributed by atoms with Gasteiger partial charge in [-0.3, -0.25) is 0 Å². The molecule has 0 aromatic carbocycles. The van der Waals surface area contributed by atoms with Gasteiger partial charge in [-0.15, -0.1) is 0 Å². The van der Waals surface area contributed by atoms with Crippen molar-refractivity contribution in [2.24, 2.45) is 0 Å². The van der Waals surface area contributed by atoms with E-state index in [1.165, 1.54) is 25.7 Å². The summed E-state index contributed by atoms with van der Waals surface area (Å²) in [6.07, 6.45) is 9.29. The van der Waals surface area contributed by atoms with Crippen LogP contribution in [0.4, 0.5) is 0 Å². The summed E-state index contributed by atoms with van der Waals surface area (Å²) in [4.78, 5) is 0. The first kappa shape index (κ1) is 26.0. The fraction of sp³-hybridized carbons (Fsp3) is 1.00. The predicted octanol–water partition coefficient (Wildman–Crippen LogP) is 3.89. The molecule has 178 valence electrons. The van der Waals surface area contributed by atoms with Gasteiger partial charge in [-0.25, -0.2) is 0 Å². The number of hydrogen-bond acceptors (Lipinski definition) is 5. The van der Waals surface area contributed by atoms with Crippen LogP contribution in [0.1, 0.15) is 78.1 Å². The van der Waals surface area contributed by atoms with Gasteiger partial charge >= 0.3 is 0 Å². The number of methoxy groups -OCH3 is 1. The van der Waals surface area contributed by atoms with Gasteiger partial charge in [0.25, 0.3) is 0 Å². The second-order valence-corrected chi connectivity index (χ2v) is 9.75. The zero-order valence-corrected chi connectivity index (χ0v) is 20.2. The average Bonchev–Trinajstić information content (AvgIpc) is 3.27. The molecule has 1 saturated carbocycles. The van der Waals surface area contributed by atoms with Crippen molar-refractivity contribution in [2.75, 3.05) is 41.0 Å². The van der Waals surface area contributed by atoms with Crippen molar-refractivity contribution in [1.82, 2.24) is 0 Å². The molecule has 6 heteroatoms. The summed E-state index contributed by atoms with van der Waals surface area (Å²) < 4.78 is 25.2. The first-order valence-corrected chi connectivity index (χ1v) is 12.4. The second kappa shape index (κ2) is 13.3. The Morgan fingerprint density at radius 2 is 1.47 bits per heavy atom. The highest BCUT2D eigenvalue weighted by Gasteiger charge is 2.49. The number of unbranched alkanes of at least 4 members (excludes halogenated alkanes) is 4. The van der Waals surface area contributed by atoms with Crippen LogP contribution < -0.4 is 0 Å². The summed E-state index contributed by atoms with van der Waals surface area (Å²) >= 11 is 0. The molecular formula is C24H48NO5+. The first-order chi connectivity index (χ1) is 14.4. The molecule has 2 rings (SSSR count). The molecule has 6 nitrogen and oxygen atoms in total. The summed E-state index contributed by atoms with van der Waals surface area (Å²) in [6.45, 7) is 6.39. The van der Waals surface area contributed by atoms with Crippen LogP contribution in [0, 0.1) is 0 Å². The van der Waals surface area contributed by atoms with Crippen molar-refractivity contribution in [3.05, 3.63) is 0 Å². The number of aliphatic hydroxyl groups is 1. The Kier molecular flexibility index (Phi) is 11.6. The Bertz CT molecular complexity index is 455. The fourth-order valence-electron chi connectivity index (χ4n) is 4.96. The maximum absolute atomic E-state index is 11.3. The van der Waals surface area contributed by atoms with E-state index in [2.05, 4.69) is 27.9 Å². The molecule has 0 bridgehead atoms. The number of aliphatic hydroxyl groups excluding tert-OH is 1. The van der Waals surface area contributed by atoms with Gasteiger partial charge in [-0.2, -0.15) is 0 Å². The molecular weight excluding hydrogens is 382 g/mol. The Morgan fingerprint density at radius 1 is 0.900 bits per heavy atom.